The van der Waals surface area contributed by atoms with E-state index in [-0.39, 0.29) is 17.2 Å². The van der Waals surface area contributed by atoms with Crippen LogP contribution in [0.1, 0.15) is 43.6 Å². The summed E-state index contributed by atoms with van der Waals surface area (Å²) in [6, 6.07) is 19.3. The molecule has 1 N–H and O–H groups in total. The quantitative estimate of drug-likeness (QED) is 0.342. The molecule has 0 aliphatic heterocycles. The van der Waals surface area contributed by atoms with E-state index in [2.05, 4.69) is 5.32 Å². The second-order valence-electron chi connectivity index (χ2n) is 7.01. The molecule has 0 radical (unpaired) electrons. The fourth-order valence-corrected chi connectivity index (χ4v) is 2.82. The van der Waals surface area contributed by atoms with Gasteiger partial charge in [-0.1, -0.05) is 29.8 Å². The number of rotatable bonds is 7. The minimum Gasteiger partial charge on any atom is -0.454 e. The molecule has 0 fully saturated rings. The number of ether oxygens (including phenoxy) is 2. The zero-order valence-electron chi connectivity index (χ0n) is 17.6. The van der Waals surface area contributed by atoms with E-state index in [9.17, 15) is 19.2 Å². The van der Waals surface area contributed by atoms with E-state index in [0.29, 0.717) is 16.8 Å². The number of anilines is 1. The Morgan fingerprint density at radius 1 is 0.781 bits per heavy atom. The van der Waals surface area contributed by atoms with Crippen molar-refractivity contribution in [2.75, 3.05) is 11.9 Å². The van der Waals surface area contributed by atoms with Gasteiger partial charge < -0.3 is 14.8 Å². The van der Waals surface area contributed by atoms with Gasteiger partial charge in [0.1, 0.15) is 5.75 Å². The van der Waals surface area contributed by atoms with Gasteiger partial charge in [-0.25, -0.2) is 9.59 Å². The van der Waals surface area contributed by atoms with Gasteiger partial charge in [-0.3, -0.25) is 9.59 Å². The topological polar surface area (TPSA) is 98.8 Å². The van der Waals surface area contributed by atoms with E-state index in [1.165, 1.54) is 37.3 Å². The molecule has 0 saturated carbocycles. The molecule has 7 heteroatoms. The van der Waals surface area contributed by atoms with Crippen LogP contribution in [0.4, 0.5) is 5.69 Å². The Kier molecular flexibility index (Phi) is 7.13. The molecule has 3 aromatic carbocycles. The molecule has 0 bridgehead atoms. The highest BCUT2D eigenvalue weighted by Gasteiger charge is 2.16. The van der Waals surface area contributed by atoms with E-state index in [4.69, 9.17) is 9.47 Å². The Hall–Kier alpha value is -4.26. The number of para-hydroxylation sites is 1. The summed E-state index contributed by atoms with van der Waals surface area (Å²) in [5.74, 6) is -1.70. The van der Waals surface area contributed by atoms with Gasteiger partial charge in [0.05, 0.1) is 16.8 Å². The Balaban J connectivity index is 1.58. The highest BCUT2D eigenvalue weighted by Crippen LogP contribution is 2.18. The first-order valence-electron chi connectivity index (χ1n) is 9.79. The molecule has 0 spiro atoms. The lowest BCUT2D eigenvalue weighted by molar-refractivity contribution is -0.114. The number of hydrogen-bond donors (Lipinski definition) is 1. The zero-order valence-corrected chi connectivity index (χ0v) is 17.6. The average Bonchev–Trinajstić information content (AvgIpc) is 2.78. The van der Waals surface area contributed by atoms with Crippen LogP contribution in [-0.2, 0) is 9.53 Å². The summed E-state index contributed by atoms with van der Waals surface area (Å²) in [7, 11) is 0. The lowest BCUT2D eigenvalue weighted by Crippen LogP contribution is -2.17. The Morgan fingerprint density at radius 2 is 1.41 bits per heavy atom. The molecule has 0 aromatic heterocycles. The minimum absolute atomic E-state index is 0.147. The van der Waals surface area contributed by atoms with Crippen LogP contribution >= 0.6 is 0 Å². The van der Waals surface area contributed by atoms with Crippen molar-refractivity contribution in [1.82, 2.24) is 0 Å². The van der Waals surface area contributed by atoms with Crippen molar-refractivity contribution in [2.24, 2.45) is 0 Å². The van der Waals surface area contributed by atoms with Gasteiger partial charge in [0, 0.05) is 12.5 Å². The Morgan fingerprint density at radius 3 is 2.06 bits per heavy atom. The normalized spacial score (nSPS) is 10.2. The number of carbonyl (C=O) groups excluding carboxylic acids is 4. The molecule has 32 heavy (non-hydrogen) atoms. The number of Topliss-reactive ketones (excluding diaryl/α,β-unsaturated/α-hetero) is 1. The second-order valence-corrected chi connectivity index (χ2v) is 7.01. The van der Waals surface area contributed by atoms with Gasteiger partial charge in [-0.15, -0.1) is 0 Å². The van der Waals surface area contributed by atoms with Gasteiger partial charge in [0.2, 0.25) is 5.91 Å². The highest BCUT2D eigenvalue weighted by atomic mass is 16.5. The molecular weight excluding hydrogens is 410 g/mol. The number of ketones is 1. The SMILES string of the molecule is CC(=O)Nc1ccccc1C(=O)OCC(=O)c1ccc(OC(=O)c2ccc(C)cc2)cc1. The van der Waals surface area contributed by atoms with Crippen LogP contribution in [0.25, 0.3) is 0 Å². The van der Waals surface area contributed by atoms with E-state index in [0.717, 1.165) is 5.56 Å². The molecule has 0 heterocycles. The maximum atomic E-state index is 12.4. The van der Waals surface area contributed by atoms with Crippen LogP contribution in [0.3, 0.4) is 0 Å². The summed E-state index contributed by atoms with van der Waals surface area (Å²) >= 11 is 0. The number of benzene rings is 3. The predicted octanol–water partition coefficient (Wildman–Crippen LogP) is 4.21. The third-order valence-electron chi connectivity index (χ3n) is 4.47. The van der Waals surface area contributed by atoms with Gasteiger partial charge in [0.25, 0.3) is 0 Å². The van der Waals surface area contributed by atoms with Gasteiger partial charge in [-0.05, 0) is 55.5 Å². The van der Waals surface area contributed by atoms with Crippen LogP contribution < -0.4 is 10.1 Å². The fourth-order valence-electron chi connectivity index (χ4n) is 2.82. The molecular formula is C25H21NO6. The Labute approximate surface area is 185 Å². The lowest BCUT2D eigenvalue weighted by atomic mass is 10.1. The summed E-state index contributed by atoms with van der Waals surface area (Å²) in [6.07, 6.45) is 0. The fraction of sp³-hybridized carbons (Fsp3) is 0.120. The van der Waals surface area contributed by atoms with Crippen LogP contribution in [0, 0.1) is 6.92 Å². The summed E-state index contributed by atoms with van der Waals surface area (Å²) < 4.78 is 10.4. The average molecular weight is 431 g/mol. The van der Waals surface area contributed by atoms with Crippen molar-refractivity contribution in [3.8, 4) is 5.75 Å². The first-order chi connectivity index (χ1) is 15.3. The molecule has 7 nitrogen and oxygen atoms in total. The summed E-state index contributed by atoms with van der Waals surface area (Å²) in [5.41, 5.74) is 2.19. The van der Waals surface area contributed by atoms with Crippen molar-refractivity contribution >= 4 is 29.3 Å². The molecule has 3 aromatic rings. The third kappa shape index (κ3) is 5.89. The molecule has 0 unspecified atom stereocenters. The molecule has 0 atom stereocenters. The zero-order chi connectivity index (χ0) is 23.1. The molecule has 1 amide bonds. The van der Waals surface area contributed by atoms with Crippen LogP contribution in [0.2, 0.25) is 0 Å². The minimum atomic E-state index is -0.730. The standard InChI is InChI=1S/C25H21NO6/c1-16-7-9-19(10-8-16)24(29)32-20-13-11-18(12-14-20)23(28)15-31-25(30)21-5-3-4-6-22(21)26-17(2)27/h3-14H,15H2,1-2H3,(H,26,27). The smallest absolute Gasteiger partial charge is 0.343 e. The van der Waals surface area contributed by atoms with Crippen molar-refractivity contribution < 1.29 is 28.7 Å². The number of esters is 2. The number of nitrogens with one attached hydrogen (secondary N) is 1. The molecule has 0 aliphatic rings. The molecule has 0 saturated heterocycles. The summed E-state index contributed by atoms with van der Waals surface area (Å²) in [6.45, 7) is 2.77. The first kappa shape index (κ1) is 22.4. The maximum absolute atomic E-state index is 12.4. The van der Waals surface area contributed by atoms with Gasteiger partial charge >= 0.3 is 11.9 Å². The number of carbonyl (C=O) groups is 4. The molecule has 3 rings (SSSR count). The lowest BCUT2D eigenvalue weighted by Gasteiger charge is -2.10. The number of amides is 1. The largest absolute Gasteiger partial charge is 0.454 e. The van der Waals surface area contributed by atoms with Crippen LogP contribution in [0.5, 0.6) is 5.75 Å². The van der Waals surface area contributed by atoms with E-state index in [1.54, 1.807) is 30.3 Å². The van der Waals surface area contributed by atoms with Gasteiger partial charge in [-0.2, -0.15) is 0 Å². The molecule has 0 aliphatic carbocycles. The highest BCUT2D eigenvalue weighted by molar-refractivity contribution is 6.03. The molecule has 162 valence electrons. The van der Waals surface area contributed by atoms with Crippen molar-refractivity contribution in [1.29, 1.82) is 0 Å². The van der Waals surface area contributed by atoms with Crippen LogP contribution in [-0.4, -0.2) is 30.2 Å². The van der Waals surface area contributed by atoms with E-state index < -0.39 is 24.3 Å². The van der Waals surface area contributed by atoms with Crippen LogP contribution in [0.15, 0.2) is 72.8 Å². The maximum Gasteiger partial charge on any atom is 0.343 e. The monoisotopic (exact) mass is 431 g/mol. The van der Waals surface area contributed by atoms with Crippen molar-refractivity contribution in [2.45, 2.75) is 13.8 Å². The van der Waals surface area contributed by atoms with Gasteiger partial charge in [0.15, 0.2) is 12.4 Å². The summed E-state index contributed by atoms with van der Waals surface area (Å²) in [4.78, 5) is 48.2. The number of hydrogen-bond acceptors (Lipinski definition) is 6. The van der Waals surface area contributed by atoms with Crippen molar-refractivity contribution in [3.05, 3.63) is 95.1 Å². The Bertz CT molecular complexity index is 1150. The predicted molar refractivity (Wildman–Crippen MR) is 118 cm³/mol. The third-order valence-corrected chi connectivity index (χ3v) is 4.47. The van der Waals surface area contributed by atoms with E-state index >= 15 is 0 Å². The number of aryl methyl sites for hydroxylation is 1. The van der Waals surface area contributed by atoms with Crippen molar-refractivity contribution in [3.63, 3.8) is 0 Å². The summed E-state index contributed by atoms with van der Waals surface area (Å²) in [5, 5.41) is 2.54. The first-order valence-corrected chi connectivity index (χ1v) is 9.79. The van der Waals surface area contributed by atoms with E-state index in [1.807, 2.05) is 19.1 Å². The second kappa shape index (κ2) is 10.2.